The van der Waals surface area contributed by atoms with Gasteiger partial charge in [-0.25, -0.2) is 9.97 Å². The Morgan fingerprint density at radius 1 is 1.32 bits per heavy atom. The summed E-state index contributed by atoms with van der Waals surface area (Å²) in [7, 11) is 1.90. The summed E-state index contributed by atoms with van der Waals surface area (Å²) >= 11 is 0. The van der Waals surface area contributed by atoms with E-state index in [1.54, 1.807) is 13.0 Å². The maximum Gasteiger partial charge on any atom is 0.237 e. The van der Waals surface area contributed by atoms with Gasteiger partial charge in [0.1, 0.15) is 24.1 Å². The van der Waals surface area contributed by atoms with E-state index in [1.165, 1.54) is 12.6 Å². The van der Waals surface area contributed by atoms with Crippen molar-refractivity contribution in [3.05, 3.63) is 18.7 Å². The second kappa shape index (κ2) is 7.63. The van der Waals surface area contributed by atoms with Crippen molar-refractivity contribution in [3.8, 4) is 0 Å². The number of carbonyl (C=O) groups excluding carboxylic acids is 1. The van der Waals surface area contributed by atoms with E-state index in [4.69, 9.17) is 9.15 Å². The molecule has 0 saturated carbocycles. The summed E-state index contributed by atoms with van der Waals surface area (Å²) < 4.78 is 11.2. The molecule has 0 radical (unpaired) electrons. The summed E-state index contributed by atoms with van der Waals surface area (Å²) in [5.74, 6) is 0.194. The van der Waals surface area contributed by atoms with Crippen LogP contribution in [0.25, 0.3) is 11.1 Å². The molecule has 0 aromatic carbocycles. The van der Waals surface area contributed by atoms with Crippen LogP contribution >= 0.6 is 0 Å². The van der Waals surface area contributed by atoms with Gasteiger partial charge in [-0.1, -0.05) is 0 Å². The molecule has 10 heteroatoms. The first-order chi connectivity index (χ1) is 13.5. The molecular weight excluding hydrogens is 366 g/mol. The quantitative estimate of drug-likeness (QED) is 0.553. The van der Waals surface area contributed by atoms with Gasteiger partial charge in [0.15, 0.2) is 17.6 Å². The molecule has 4 heterocycles. The van der Waals surface area contributed by atoms with Crippen LogP contribution in [-0.4, -0.2) is 81.2 Å². The maximum atomic E-state index is 12.6. The van der Waals surface area contributed by atoms with E-state index in [0.717, 1.165) is 19.4 Å². The van der Waals surface area contributed by atoms with Gasteiger partial charge in [-0.2, -0.15) is 0 Å². The first-order valence-electron chi connectivity index (χ1n) is 9.42. The number of ether oxygens (including phenoxy) is 1. The summed E-state index contributed by atoms with van der Waals surface area (Å²) in [5.41, 5.74) is 1.04. The van der Waals surface area contributed by atoms with Crippen molar-refractivity contribution in [1.29, 1.82) is 0 Å². The molecule has 0 spiro atoms. The second-order valence-electron chi connectivity index (χ2n) is 7.42. The number of aromatic nitrogens is 2. The predicted molar refractivity (Wildman–Crippen MR) is 99.4 cm³/mol. The number of rotatable bonds is 4. The maximum absolute atomic E-state index is 12.6. The van der Waals surface area contributed by atoms with Crippen molar-refractivity contribution >= 4 is 22.8 Å². The van der Waals surface area contributed by atoms with Crippen molar-refractivity contribution in [2.45, 2.75) is 56.4 Å². The molecule has 0 aliphatic carbocycles. The van der Waals surface area contributed by atoms with Crippen LogP contribution in [0.15, 0.2) is 23.1 Å². The predicted octanol–water partition coefficient (Wildman–Crippen LogP) is -0.320. The molecule has 2 fully saturated rings. The number of aliphatic hydroxyl groups excluding tert-OH is 2. The molecule has 1 amide bonds. The zero-order chi connectivity index (χ0) is 19.8. The van der Waals surface area contributed by atoms with Crippen LogP contribution in [0.2, 0.25) is 0 Å². The number of furan rings is 1. The van der Waals surface area contributed by atoms with Gasteiger partial charge in [-0.05, 0) is 33.4 Å². The fourth-order valence-corrected chi connectivity index (χ4v) is 3.92. The number of carbonyl (C=O) groups is 1. The van der Waals surface area contributed by atoms with E-state index in [9.17, 15) is 15.0 Å². The molecule has 6 atom stereocenters. The van der Waals surface area contributed by atoms with Gasteiger partial charge in [-0.15, -0.1) is 0 Å². The molecule has 0 bridgehead atoms. The third-order valence-corrected chi connectivity index (χ3v) is 5.55. The highest BCUT2D eigenvalue weighted by Crippen LogP contribution is 2.26. The topological polar surface area (TPSA) is 133 Å². The minimum absolute atomic E-state index is 0.161. The molecule has 2 saturated heterocycles. The number of hydrogen-bond donors (Lipinski definition) is 4. The van der Waals surface area contributed by atoms with Crippen molar-refractivity contribution in [2.24, 2.45) is 0 Å². The lowest BCUT2D eigenvalue weighted by atomic mass is 9.95. The summed E-state index contributed by atoms with van der Waals surface area (Å²) in [6, 6.07) is 0.757. The van der Waals surface area contributed by atoms with E-state index >= 15 is 0 Å². The Kier molecular flexibility index (Phi) is 5.19. The van der Waals surface area contributed by atoms with Crippen LogP contribution in [0, 0.1) is 0 Å². The molecule has 4 rings (SSSR count). The smallest absolute Gasteiger partial charge is 0.237 e. The zero-order valence-corrected chi connectivity index (χ0v) is 15.8. The van der Waals surface area contributed by atoms with Crippen molar-refractivity contribution < 1.29 is 24.2 Å². The first kappa shape index (κ1) is 19.1. The number of nitrogens with zero attached hydrogens (tertiary/aromatic N) is 3. The first-order valence-corrected chi connectivity index (χ1v) is 9.42. The normalized spacial score (nSPS) is 33.9. The number of hydrogen-bond acceptors (Lipinski definition) is 9. The number of likely N-dealkylation sites (N-methyl/N-ethyl adjacent to an activating group) is 1. The van der Waals surface area contributed by atoms with Gasteiger partial charge in [0.25, 0.3) is 0 Å². The summed E-state index contributed by atoms with van der Waals surface area (Å²) in [6.07, 6.45) is 0.676. The molecule has 0 unspecified atom stereocenters. The van der Waals surface area contributed by atoms with E-state index in [2.05, 4.69) is 20.6 Å². The molecule has 152 valence electrons. The van der Waals surface area contributed by atoms with Gasteiger partial charge < -0.3 is 30.0 Å². The van der Waals surface area contributed by atoms with Gasteiger partial charge in [-0.3, -0.25) is 9.69 Å². The standard InChI is InChI=1S/C18H25N5O5/c1-9-12(21-17(26)11-4-3-6-23(11)2)13(24)14(25)18(28-9)22-16-15-10(5-7-27-15)19-8-20-16/h5,7-9,11-14,18,24-25H,3-4,6H2,1-2H3,(H,21,26)(H,19,20,22)/t9-,11+,12-,13+,14-,18-/m0/s1. The van der Waals surface area contributed by atoms with Crippen molar-refractivity contribution in [3.63, 3.8) is 0 Å². The second-order valence-corrected chi connectivity index (χ2v) is 7.42. The molecular formula is C18H25N5O5. The molecule has 2 aromatic heterocycles. The van der Waals surface area contributed by atoms with Gasteiger partial charge in [0.2, 0.25) is 5.91 Å². The third kappa shape index (κ3) is 3.44. The van der Waals surface area contributed by atoms with Crippen LogP contribution in [0.1, 0.15) is 19.8 Å². The Bertz CT molecular complexity index is 845. The highest BCUT2D eigenvalue weighted by Gasteiger charge is 2.44. The average molecular weight is 391 g/mol. The van der Waals surface area contributed by atoms with Gasteiger partial charge >= 0.3 is 0 Å². The monoisotopic (exact) mass is 391 g/mol. The lowest BCUT2D eigenvalue weighted by Gasteiger charge is -2.42. The Morgan fingerprint density at radius 2 is 2.14 bits per heavy atom. The lowest BCUT2D eigenvalue weighted by Crippen LogP contribution is -2.65. The highest BCUT2D eigenvalue weighted by molar-refractivity contribution is 5.83. The van der Waals surface area contributed by atoms with Crippen LogP contribution in [-0.2, 0) is 9.53 Å². The van der Waals surface area contributed by atoms with Crippen molar-refractivity contribution in [2.75, 3.05) is 18.9 Å². The molecule has 2 aliphatic rings. The van der Waals surface area contributed by atoms with E-state index in [-0.39, 0.29) is 11.9 Å². The van der Waals surface area contributed by atoms with Crippen LogP contribution in [0.5, 0.6) is 0 Å². The zero-order valence-electron chi connectivity index (χ0n) is 15.8. The van der Waals surface area contributed by atoms with E-state index in [1.807, 2.05) is 11.9 Å². The minimum atomic E-state index is -1.28. The lowest BCUT2D eigenvalue weighted by molar-refractivity contribution is -0.173. The Hall–Kier alpha value is -2.27. The minimum Gasteiger partial charge on any atom is -0.459 e. The SMILES string of the molecule is C[C@@H]1O[C@H](Nc2ncnc3ccoc23)[C@@H](O)[C@H](O)[C@H]1NC(=O)[C@H]1CCCN1C. The average Bonchev–Trinajstić information content (AvgIpc) is 3.32. The number of nitrogens with one attached hydrogen (secondary N) is 2. The highest BCUT2D eigenvalue weighted by atomic mass is 16.5. The Balaban J connectivity index is 1.45. The Morgan fingerprint density at radius 3 is 2.89 bits per heavy atom. The summed E-state index contributed by atoms with van der Waals surface area (Å²) in [6.45, 7) is 2.61. The fourth-order valence-electron chi connectivity index (χ4n) is 3.92. The number of fused-ring (bicyclic) bond motifs is 1. The summed E-state index contributed by atoms with van der Waals surface area (Å²) in [5, 5.41) is 27.0. The molecule has 4 N–H and O–H groups in total. The molecule has 2 aliphatic heterocycles. The number of likely N-dealkylation sites (tertiary alicyclic amines) is 1. The fraction of sp³-hybridized carbons (Fsp3) is 0.611. The van der Waals surface area contributed by atoms with Gasteiger partial charge in [0.05, 0.1) is 24.5 Å². The van der Waals surface area contributed by atoms with Gasteiger partial charge in [0, 0.05) is 6.07 Å². The summed E-state index contributed by atoms with van der Waals surface area (Å²) in [4.78, 5) is 22.8. The largest absolute Gasteiger partial charge is 0.459 e. The van der Waals surface area contributed by atoms with Crippen LogP contribution in [0.4, 0.5) is 5.82 Å². The number of anilines is 1. The van der Waals surface area contributed by atoms with E-state index in [0.29, 0.717) is 16.9 Å². The molecule has 2 aromatic rings. The molecule has 10 nitrogen and oxygen atoms in total. The number of amides is 1. The third-order valence-electron chi connectivity index (χ3n) is 5.55. The van der Waals surface area contributed by atoms with Crippen LogP contribution < -0.4 is 10.6 Å². The Labute approximate surface area is 161 Å². The number of aliphatic hydroxyl groups is 2. The van der Waals surface area contributed by atoms with Crippen molar-refractivity contribution in [1.82, 2.24) is 20.2 Å². The molecule has 28 heavy (non-hydrogen) atoms. The van der Waals surface area contributed by atoms with Crippen LogP contribution in [0.3, 0.4) is 0 Å². The van der Waals surface area contributed by atoms with E-state index < -0.39 is 30.6 Å².